The molecule has 14 heavy (non-hydrogen) atoms. The van der Waals surface area contributed by atoms with E-state index < -0.39 is 0 Å². The van der Waals surface area contributed by atoms with E-state index in [1.807, 2.05) is 24.3 Å². The number of fused-ring (bicyclic) bond motifs is 1. The maximum atomic E-state index is 10.9. The number of H-pyrrole nitrogens is 1. The van der Waals surface area contributed by atoms with Crippen molar-refractivity contribution in [1.29, 1.82) is 0 Å². The van der Waals surface area contributed by atoms with E-state index in [-0.39, 0.29) is 0 Å². The molecule has 3 nitrogen and oxygen atoms in total. The first-order valence-electron chi connectivity index (χ1n) is 4.79. The summed E-state index contributed by atoms with van der Waals surface area (Å²) < 4.78 is 0. The molecule has 1 saturated carbocycles. The Balaban J connectivity index is 2.02. The molecule has 0 amide bonds. The number of ketones is 1. The van der Waals surface area contributed by atoms with Gasteiger partial charge in [0.1, 0.15) is 11.6 Å². The lowest BCUT2D eigenvalue weighted by Crippen LogP contribution is -2.22. The summed E-state index contributed by atoms with van der Waals surface area (Å²) in [4.78, 5) is 18.6. The molecule has 1 fully saturated rings. The highest BCUT2D eigenvalue weighted by molar-refractivity contribution is 5.86. The van der Waals surface area contributed by atoms with Gasteiger partial charge in [-0.3, -0.25) is 4.79 Å². The second kappa shape index (κ2) is 2.67. The van der Waals surface area contributed by atoms with Crippen molar-refractivity contribution in [3.63, 3.8) is 0 Å². The van der Waals surface area contributed by atoms with Crippen molar-refractivity contribution in [2.24, 2.45) is 0 Å². The van der Waals surface area contributed by atoms with Crippen LogP contribution in [0.15, 0.2) is 24.3 Å². The highest BCUT2D eigenvalue weighted by atomic mass is 16.1. The molecule has 0 bridgehead atoms. The number of carbonyl (C=O) groups excluding carboxylic acids is 1. The molecule has 0 radical (unpaired) electrons. The first-order chi connectivity index (χ1) is 6.83. The van der Waals surface area contributed by atoms with E-state index in [0.717, 1.165) is 16.9 Å². The molecule has 1 N–H and O–H groups in total. The Morgan fingerprint density at radius 2 is 2.07 bits per heavy atom. The standard InChI is InChI=1S/C11H10N2O/c14-8-5-7(6-8)11-12-9-3-1-2-4-10(9)13-11/h1-4,7H,5-6H2,(H,12,13). The van der Waals surface area contributed by atoms with Crippen LogP contribution < -0.4 is 0 Å². The van der Waals surface area contributed by atoms with Crippen molar-refractivity contribution < 1.29 is 4.79 Å². The predicted molar refractivity (Wildman–Crippen MR) is 53.1 cm³/mol. The van der Waals surface area contributed by atoms with E-state index in [1.54, 1.807) is 0 Å². The lowest BCUT2D eigenvalue weighted by molar-refractivity contribution is -0.124. The maximum absolute atomic E-state index is 10.9. The summed E-state index contributed by atoms with van der Waals surface area (Å²) in [5.41, 5.74) is 2.05. The lowest BCUT2D eigenvalue weighted by Gasteiger charge is -2.21. The third kappa shape index (κ3) is 1.05. The van der Waals surface area contributed by atoms with Gasteiger partial charge in [-0.1, -0.05) is 12.1 Å². The van der Waals surface area contributed by atoms with Gasteiger partial charge in [-0.15, -0.1) is 0 Å². The monoisotopic (exact) mass is 186 g/mol. The molecule has 1 heterocycles. The van der Waals surface area contributed by atoms with Gasteiger partial charge in [-0.05, 0) is 12.1 Å². The number of nitrogens with zero attached hydrogens (tertiary/aromatic N) is 1. The summed E-state index contributed by atoms with van der Waals surface area (Å²) in [7, 11) is 0. The first kappa shape index (κ1) is 7.74. The number of aromatic amines is 1. The van der Waals surface area contributed by atoms with Crippen LogP contribution in [0.25, 0.3) is 11.0 Å². The minimum Gasteiger partial charge on any atom is -0.342 e. The summed E-state index contributed by atoms with van der Waals surface area (Å²) >= 11 is 0. The number of aromatic nitrogens is 2. The van der Waals surface area contributed by atoms with Crippen molar-refractivity contribution in [2.45, 2.75) is 18.8 Å². The molecule has 0 unspecified atom stereocenters. The van der Waals surface area contributed by atoms with E-state index in [0.29, 0.717) is 24.5 Å². The fourth-order valence-electron chi connectivity index (χ4n) is 1.85. The number of rotatable bonds is 1. The zero-order valence-electron chi connectivity index (χ0n) is 7.66. The zero-order valence-corrected chi connectivity index (χ0v) is 7.66. The number of imidazole rings is 1. The van der Waals surface area contributed by atoms with Crippen molar-refractivity contribution in [1.82, 2.24) is 9.97 Å². The third-order valence-corrected chi connectivity index (χ3v) is 2.74. The van der Waals surface area contributed by atoms with Gasteiger partial charge in [-0.2, -0.15) is 0 Å². The van der Waals surface area contributed by atoms with Crippen LogP contribution in [0.4, 0.5) is 0 Å². The molecule has 1 aromatic carbocycles. The first-order valence-corrected chi connectivity index (χ1v) is 4.79. The Hall–Kier alpha value is -1.64. The van der Waals surface area contributed by atoms with Crippen LogP contribution in [0.3, 0.4) is 0 Å². The average molecular weight is 186 g/mol. The number of para-hydroxylation sites is 2. The van der Waals surface area contributed by atoms with Crippen LogP contribution in [-0.4, -0.2) is 15.8 Å². The van der Waals surface area contributed by atoms with Gasteiger partial charge in [0.25, 0.3) is 0 Å². The molecule has 3 rings (SSSR count). The Kier molecular flexibility index (Phi) is 1.48. The normalized spacial score (nSPS) is 17.3. The van der Waals surface area contributed by atoms with Crippen LogP contribution in [0.5, 0.6) is 0 Å². The molecule has 3 heteroatoms. The minimum absolute atomic E-state index is 0.329. The van der Waals surface area contributed by atoms with Crippen molar-refractivity contribution in [2.75, 3.05) is 0 Å². The maximum Gasteiger partial charge on any atom is 0.134 e. The number of benzene rings is 1. The second-order valence-corrected chi connectivity index (χ2v) is 3.78. The summed E-state index contributed by atoms with van der Waals surface area (Å²) in [6.45, 7) is 0. The van der Waals surface area contributed by atoms with Crippen LogP contribution >= 0.6 is 0 Å². The smallest absolute Gasteiger partial charge is 0.134 e. The number of hydrogen-bond acceptors (Lipinski definition) is 2. The Labute approximate surface area is 81.2 Å². The number of hydrogen-bond donors (Lipinski definition) is 1. The average Bonchev–Trinajstić information content (AvgIpc) is 2.55. The number of carbonyl (C=O) groups is 1. The molecule has 0 atom stereocenters. The van der Waals surface area contributed by atoms with Crippen LogP contribution in [0, 0.1) is 0 Å². The molecule has 2 aromatic rings. The van der Waals surface area contributed by atoms with Gasteiger partial charge >= 0.3 is 0 Å². The van der Waals surface area contributed by atoms with Crippen LogP contribution in [0.2, 0.25) is 0 Å². The molecule has 1 aliphatic rings. The van der Waals surface area contributed by atoms with Crippen molar-refractivity contribution in [3.8, 4) is 0 Å². The SMILES string of the molecule is O=C1CC(c2nc3ccccc3[nH]2)C1. The lowest BCUT2D eigenvalue weighted by atomic mass is 9.83. The summed E-state index contributed by atoms with van der Waals surface area (Å²) in [5.74, 6) is 1.64. The van der Waals surface area contributed by atoms with E-state index in [1.165, 1.54) is 0 Å². The Morgan fingerprint density at radius 3 is 2.79 bits per heavy atom. The quantitative estimate of drug-likeness (QED) is 0.740. The fraction of sp³-hybridized carbons (Fsp3) is 0.273. The Bertz CT molecular complexity index is 460. The molecule has 0 aliphatic heterocycles. The van der Waals surface area contributed by atoms with E-state index in [4.69, 9.17) is 0 Å². The highest BCUT2D eigenvalue weighted by Crippen LogP contribution is 2.32. The van der Waals surface area contributed by atoms with Gasteiger partial charge in [-0.25, -0.2) is 4.98 Å². The van der Waals surface area contributed by atoms with Gasteiger partial charge in [0.15, 0.2) is 0 Å². The summed E-state index contributed by atoms with van der Waals surface area (Å²) in [6.07, 6.45) is 1.31. The molecule has 1 aromatic heterocycles. The van der Waals surface area contributed by atoms with Crippen LogP contribution in [-0.2, 0) is 4.79 Å². The zero-order chi connectivity index (χ0) is 9.54. The van der Waals surface area contributed by atoms with Crippen LogP contribution in [0.1, 0.15) is 24.6 Å². The van der Waals surface area contributed by atoms with Crippen molar-refractivity contribution in [3.05, 3.63) is 30.1 Å². The topological polar surface area (TPSA) is 45.8 Å². The fourth-order valence-corrected chi connectivity index (χ4v) is 1.85. The number of Topliss-reactive ketones (excluding diaryl/α,β-unsaturated/α-hetero) is 1. The number of nitrogens with one attached hydrogen (secondary N) is 1. The highest BCUT2D eigenvalue weighted by Gasteiger charge is 2.30. The predicted octanol–water partition coefficient (Wildman–Crippen LogP) is 2.01. The van der Waals surface area contributed by atoms with Gasteiger partial charge in [0, 0.05) is 18.8 Å². The molecule has 0 saturated heterocycles. The second-order valence-electron chi connectivity index (χ2n) is 3.78. The molecule has 1 aliphatic carbocycles. The van der Waals surface area contributed by atoms with Gasteiger partial charge < -0.3 is 4.98 Å². The van der Waals surface area contributed by atoms with Gasteiger partial charge in [0.2, 0.25) is 0 Å². The van der Waals surface area contributed by atoms with Gasteiger partial charge in [0.05, 0.1) is 11.0 Å². The molecule has 70 valence electrons. The largest absolute Gasteiger partial charge is 0.342 e. The van der Waals surface area contributed by atoms with E-state index in [9.17, 15) is 4.79 Å². The Morgan fingerprint density at radius 1 is 1.29 bits per heavy atom. The molecular formula is C11H10N2O. The van der Waals surface area contributed by atoms with E-state index >= 15 is 0 Å². The van der Waals surface area contributed by atoms with Crippen molar-refractivity contribution >= 4 is 16.8 Å². The molecular weight excluding hydrogens is 176 g/mol. The third-order valence-electron chi connectivity index (χ3n) is 2.74. The summed E-state index contributed by atoms with van der Waals surface area (Å²) in [5, 5.41) is 0. The summed E-state index contributed by atoms with van der Waals surface area (Å²) in [6, 6.07) is 7.94. The van der Waals surface area contributed by atoms with E-state index in [2.05, 4.69) is 9.97 Å². The molecule has 0 spiro atoms. The minimum atomic E-state index is 0.329.